The van der Waals surface area contributed by atoms with E-state index in [2.05, 4.69) is 199 Å². The van der Waals surface area contributed by atoms with E-state index in [1.165, 1.54) is 83.0 Å². The first kappa shape index (κ1) is 31.9. The Morgan fingerprint density at radius 3 is 1.77 bits per heavy atom. The topological polar surface area (TPSA) is 18.1 Å². The number of rotatable bonds is 5. The molecule has 0 aliphatic heterocycles. The van der Waals surface area contributed by atoms with E-state index in [9.17, 15) is 0 Å². The predicted molar refractivity (Wildman–Crippen MR) is 237 cm³/mol. The van der Waals surface area contributed by atoms with Crippen molar-refractivity contribution in [3.63, 3.8) is 0 Å². The van der Waals surface area contributed by atoms with Crippen molar-refractivity contribution in [2.75, 3.05) is 0 Å². The van der Waals surface area contributed by atoms with E-state index in [1.807, 2.05) is 12.1 Å². The maximum atomic E-state index is 6.10. The minimum Gasteiger partial charge on any atom is -0.456 e. The van der Waals surface area contributed by atoms with Crippen LogP contribution >= 0.6 is 0 Å². The normalized spacial score (nSPS) is 13.4. The molecule has 9 aromatic carbocycles. The summed E-state index contributed by atoms with van der Waals surface area (Å²) in [6.07, 6.45) is 0. The predicted octanol–water partition coefficient (Wildman–Crippen LogP) is 14.8. The van der Waals surface area contributed by atoms with Crippen molar-refractivity contribution in [3.8, 4) is 50.2 Å². The first-order chi connectivity index (χ1) is 28.2. The van der Waals surface area contributed by atoms with Gasteiger partial charge in [-0.2, -0.15) is 0 Å². The molecule has 0 N–H and O–H groups in total. The van der Waals surface area contributed by atoms with E-state index in [0.29, 0.717) is 0 Å². The number of fused-ring (bicyclic) bond motifs is 9. The first-order valence-electron chi connectivity index (χ1n) is 19.7. The van der Waals surface area contributed by atoms with Crippen molar-refractivity contribution >= 4 is 43.7 Å². The second kappa shape index (κ2) is 12.6. The molecule has 2 aromatic heterocycles. The Bertz CT molecular complexity index is 3330. The lowest BCUT2D eigenvalue weighted by molar-refractivity contribution is 0.669. The van der Waals surface area contributed by atoms with Crippen LogP contribution in [0, 0.1) is 0 Å². The molecule has 2 heteroatoms. The van der Waals surface area contributed by atoms with E-state index >= 15 is 0 Å². The summed E-state index contributed by atoms with van der Waals surface area (Å²) in [6.45, 7) is 0. The van der Waals surface area contributed by atoms with Gasteiger partial charge in [0.1, 0.15) is 11.2 Å². The molecule has 0 spiro atoms. The molecule has 12 rings (SSSR count). The van der Waals surface area contributed by atoms with Crippen molar-refractivity contribution in [1.29, 1.82) is 0 Å². The monoisotopic (exact) mass is 725 g/mol. The van der Waals surface area contributed by atoms with E-state index in [0.717, 1.165) is 27.6 Å². The zero-order valence-corrected chi connectivity index (χ0v) is 31.1. The van der Waals surface area contributed by atoms with E-state index in [-0.39, 0.29) is 5.92 Å². The van der Waals surface area contributed by atoms with Crippen LogP contribution in [0.25, 0.3) is 93.9 Å². The second-order valence-electron chi connectivity index (χ2n) is 15.3. The first-order valence-corrected chi connectivity index (χ1v) is 19.7. The van der Waals surface area contributed by atoms with E-state index in [1.54, 1.807) is 0 Å². The molecule has 0 amide bonds. The van der Waals surface area contributed by atoms with Gasteiger partial charge in [-0.3, -0.25) is 0 Å². The van der Waals surface area contributed by atoms with Gasteiger partial charge in [-0.15, -0.1) is 0 Å². The fourth-order valence-corrected chi connectivity index (χ4v) is 9.38. The molecule has 0 radical (unpaired) electrons. The highest BCUT2D eigenvalue weighted by Crippen LogP contribution is 2.49. The maximum absolute atomic E-state index is 6.10. The molecule has 1 aliphatic rings. The number of hydrogen-bond donors (Lipinski definition) is 0. The average Bonchev–Trinajstić information content (AvgIpc) is 3.94. The summed E-state index contributed by atoms with van der Waals surface area (Å²) in [5, 5.41) is 4.82. The third-order valence-corrected chi connectivity index (χ3v) is 12.1. The van der Waals surface area contributed by atoms with Gasteiger partial charge >= 0.3 is 0 Å². The minimum atomic E-state index is 0.174. The Hall–Kier alpha value is -7.42. The molecule has 0 fully saturated rings. The summed E-state index contributed by atoms with van der Waals surface area (Å²) < 4.78 is 8.50. The molecule has 2 nitrogen and oxygen atoms in total. The molecule has 1 unspecified atom stereocenters. The van der Waals surface area contributed by atoms with Crippen LogP contribution < -0.4 is 0 Å². The van der Waals surface area contributed by atoms with Crippen LogP contribution in [0.4, 0.5) is 0 Å². The molecule has 57 heavy (non-hydrogen) atoms. The van der Waals surface area contributed by atoms with Gasteiger partial charge in [-0.25, -0.2) is 0 Å². The molecule has 1 atom stereocenters. The molecule has 266 valence electrons. The SMILES string of the molecule is c1ccc(-c2ccc(-n3c4ccccc4c4cc(-c5ccc6c(c5)-c5ccccc5C6c5ccc(-c6ccc7oc8ccccc8c7c6)cc5)ccc43)cc2)cc1. The molecule has 0 saturated heterocycles. The van der Waals surface area contributed by atoms with Crippen LogP contribution in [0.2, 0.25) is 0 Å². The van der Waals surface area contributed by atoms with Gasteiger partial charge < -0.3 is 8.98 Å². The number of hydrogen-bond acceptors (Lipinski definition) is 1. The highest BCUT2D eigenvalue weighted by Gasteiger charge is 2.30. The molecule has 11 aromatic rings. The van der Waals surface area contributed by atoms with Gasteiger partial charge in [-0.1, -0.05) is 152 Å². The van der Waals surface area contributed by atoms with Gasteiger partial charge in [0.15, 0.2) is 0 Å². The lowest BCUT2D eigenvalue weighted by Gasteiger charge is -2.16. The van der Waals surface area contributed by atoms with Crippen LogP contribution in [-0.2, 0) is 0 Å². The van der Waals surface area contributed by atoms with Crippen LogP contribution in [0.5, 0.6) is 0 Å². The van der Waals surface area contributed by atoms with Crippen LogP contribution in [0.1, 0.15) is 22.6 Å². The van der Waals surface area contributed by atoms with Gasteiger partial charge in [0.25, 0.3) is 0 Å². The Morgan fingerprint density at radius 1 is 0.333 bits per heavy atom. The number of benzene rings is 9. The van der Waals surface area contributed by atoms with Crippen molar-refractivity contribution < 1.29 is 4.42 Å². The zero-order valence-electron chi connectivity index (χ0n) is 31.1. The molecule has 2 heterocycles. The van der Waals surface area contributed by atoms with Crippen molar-refractivity contribution in [1.82, 2.24) is 4.57 Å². The van der Waals surface area contributed by atoms with Gasteiger partial charge in [0, 0.05) is 33.2 Å². The molecular weight excluding hydrogens is 691 g/mol. The van der Waals surface area contributed by atoms with Crippen molar-refractivity contribution in [2.45, 2.75) is 5.92 Å². The summed E-state index contributed by atoms with van der Waals surface area (Å²) in [5.41, 5.74) is 19.4. The Morgan fingerprint density at radius 2 is 0.895 bits per heavy atom. The number of aromatic nitrogens is 1. The minimum absolute atomic E-state index is 0.174. The van der Waals surface area contributed by atoms with Gasteiger partial charge in [-0.05, 0) is 116 Å². The van der Waals surface area contributed by atoms with Crippen LogP contribution in [-0.4, -0.2) is 4.57 Å². The standard InChI is InChI=1S/C55H35NO/c1-2-10-35(11-3-1)36-22-27-42(28-23-36)56-51-16-8-6-13-44(51)49-33-41(25-30-52(49)56)40-24-29-47-48(32-40)43-12-4-5-15-46(43)55(47)38-20-18-37(19-21-38)39-26-31-54-50(34-39)45-14-7-9-17-53(45)57-54/h1-34,55H. The lowest BCUT2D eigenvalue weighted by atomic mass is 9.88. The highest BCUT2D eigenvalue weighted by molar-refractivity contribution is 6.11. The van der Waals surface area contributed by atoms with Crippen LogP contribution in [0.3, 0.4) is 0 Å². The van der Waals surface area contributed by atoms with E-state index < -0.39 is 0 Å². The Labute approximate surface area is 330 Å². The molecule has 0 bridgehead atoms. The largest absolute Gasteiger partial charge is 0.456 e. The quantitative estimate of drug-likeness (QED) is 0.173. The van der Waals surface area contributed by atoms with Crippen molar-refractivity contribution in [2.24, 2.45) is 0 Å². The highest BCUT2D eigenvalue weighted by atomic mass is 16.3. The summed E-state index contributed by atoms with van der Waals surface area (Å²) in [4.78, 5) is 0. The Balaban J connectivity index is 0.908. The average molecular weight is 726 g/mol. The lowest BCUT2D eigenvalue weighted by Crippen LogP contribution is -1.99. The molecular formula is C55H35NO. The molecule has 0 saturated carbocycles. The fraction of sp³-hybridized carbons (Fsp3) is 0.0182. The maximum Gasteiger partial charge on any atom is 0.135 e. The summed E-state index contributed by atoms with van der Waals surface area (Å²) in [7, 11) is 0. The molecule has 1 aliphatic carbocycles. The zero-order chi connectivity index (χ0) is 37.5. The number of nitrogens with zero attached hydrogens (tertiary/aromatic N) is 1. The second-order valence-corrected chi connectivity index (χ2v) is 15.3. The van der Waals surface area contributed by atoms with Crippen LogP contribution in [0.15, 0.2) is 211 Å². The van der Waals surface area contributed by atoms with E-state index in [4.69, 9.17) is 4.42 Å². The summed E-state index contributed by atoms with van der Waals surface area (Å²) >= 11 is 0. The Kier molecular flexibility index (Phi) is 7.02. The third kappa shape index (κ3) is 5.04. The summed E-state index contributed by atoms with van der Waals surface area (Å²) in [6, 6.07) is 75.3. The third-order valence-electron chi connectivity index (χ3n) is 12.1. The van der Waals surface area contributed by atoms with Gasteiger partial charge in [0.2, 0.25) is 0 Å². The number of furan rings is 1. The fourth-order valence-electron chi connectivity index (χ4n) is 9.38. The van der Waals surface area contributed by atoms with Crippen molar-refractivity contribution in [3.05, 3.63) is 223 Å². The van der Waals surface area contributed by atoms with Gasteiger partial charge in [0.05, 0.1) is 11.0 Å². The summed E-state index contributed by atoms with van der Waals surface area (Å²) in [5.74, 6) is 0.174. The number of para-hydroxylation sites is 2. The smallest absolute Gasteiger partial charge is 0.135 e.